The first kappa shape index (κ1) is 15.2. The van der Waals surface area contributed by atoms with Crippen molar-refractivity contribution in [1.29, 1.82) is 5.26 Å². The maximum atomic E-state index is 11.6. The number of nitriles is 1. The number of rotatable bonds is 5. The summed E-state index contributed by atoms with van der Waals surface area (Å²) in [6.45, 7) is 0. The summed E-state index contributed by atoms with van der Waals surface area (Å²) >= 11 is 1.17. The molecule has 0 aliphatic heterocycles. The van der Waals surface area contributed by atoms with Crippen LogP contribution in [0.1, 0.15) is 16.1 Å². The summed E-state index contributed by atoms with van der Waals surface area (Å²) in [7, 11) is -3.46. The van der Waals surface area contributed by atoms with Gasteiger partial charge in [0.05, 0.1) is 11.8 Å². The first-order valence-electron chi connectivity index (χ1n) is 5.77. The third-order valence-corrected chi connectivity index (χ3v) is 4.80. The minimum atomic E-state index is -3.46. The normalized spacial score (nSPS) is 11.0. The Labute approximate surface area is 125 Å². The first-order chi connectivity index (χ1) is 9.91. The molecule has 6 nitrogen and oxygen atoms in total. The van der Waals surface area contributed by atoms with Crippen molar-refractivity contribution in [1.82, 2.24) is 4.98 Å². The van der Waals surface area contributed by atoms with Crippen LogP contribution < -0.4 is 0 Å². The molecule has 21 heavy (non-hydrogen) atoms. The van der Waals surface area contributed by atoms with Gasteiger partial charge in [-0.2, -0.15) is 5.26 Å². The molecule has 0 fully saturated rings. The summed E-state index contributed by atoms with van der Waals surface area (Å²) in [6.07, 6.45) is 0. The molecular formula is C13H10N2O4S2. The molecular weight excluding hydrogens is 312 g/mol. The van der Waals surface area contributed by atoms with Crippen LogP contribution in [0, 0.1) is 11.3 Å². The lowest BCUT2D eigenvalue weighted by Gasteiger charge is -2.03. The fourth-order valence-corrected chi connectivity index (χ4v) is 3.48. The molecule has 0 atom stereocenters. The molecule has 1 heterocycles. The molecule has 8 heteroatoms. The van der Waals surface area contributed by atoms with Crippen molar-refractivity contribution in [3.8, 4) is 16.6 Å². The number of carboxylic acid groups (broad SMARTS) is 1. The Bertz CT molecular complexity index is 819. The maximum absolute atomic E-state index is 11.6. The number of thiazole rings is 1. The van der Waals surface area contributed by atoms with Crippen LogP contribution in [-0.2, 0) is 15.6 Å². The van der Waals surface area contributed by atoms with Gasteiger partial charge in [0, 0.05) is 10.9 Å². The minimum Gasteiger partial charge on any atom is -0.476 e. The largest absolute Gasteiger partial charge is 0.476 e. The lowest BCUT2D eigenvalue weighted by molar-refractivity contribution is 0.0691. The number of aromatic carboxylic acids is 1. The highest BCUT2D eigenvalue weighted by atomic mass is 32.2. The average molecular weight is 322 g/mol. The molecule has 0 bridgehead atoms. The van der Waals surface area contributed by atoms with Crippen LogP contribution in [-0.4, -0.2) is 30.2 Å². The van der Waals surface area contributed by atoms with Crippen LogP contribution >= 0.6 is 11.3 Å². The molecule has 1 aromatic heterocycles. The fourth-order valence-electron chi connectivity index (χ4n) is 1.70. The van der Waals surface area contributed by atoms with Crippen LogP contribution in [0.5, 0.6) is 0 Å². The Balaban J connectivity index is 2.29. The predicted octanol–water partition coefficient (Wildman–Crippen LogP) is 1.95. The second-order valence-corrected chi connectivity index (χ2v) is 7.16. The van der Waals surface area contributed by atoms with Crippen LogP contribution in [0.15, 0.2) is 29.6 Å². The quantitative estimate of drug-likeness (QED) is 0.901. The molecule has 2 rings (SSSR count). The van der Waals surface area contributed by atoms with Gasteiger partial charge in [-0.25, -0.2) is 18.2 Å². The lowest BCUT2D eigenvalue weighted by atomic mass is 10.1. The van der Waals surface area contributed by atoms with Crippen molar-refractivity contribution in [3.05, 3.63) is 40.9 Å². The highest BCUT2D eigenvalue weighted by molar-refractivity contribution is 7.90. The van der Waals surface area contributed by atoms with E-state index in [1.54, 1.807) is 30.3 Å². The fraction of sp³-hybridized carbons (Fsp3) is 0.154. The zero-order valence-corrected chi connectivity index (χ0v) is 12.3. The van der Waals surface area contributed by atoms with Crippen molar-refractivity contribution in [3.63, 3.8) is 0 Å². The number of carbonyl (C=O) groups is 1. The summed E-state index contributed by atoms with van der Waals surface area (Å²) in [5, 5.41) is 19.3. The van der Waals surface area contributed by atoms with E-state index >= 15 is 0 Å². The van der Waals surface area contributed by atoms with Crippen molar-refractivity contribution >= 4 is 27.1 Å². The molecule has 0 unspecified atom stereocenters. The van der Waals surface area contributed by atoms with Gasteiger partial charge < -0.3 is 5.11 Å². The minimum absolute atomic E-state index is 0.0440. The molecule has 0 saturated carbocycles. The Kier molecular flexibility index (Phi) is 4.35. The van der Waals surface area contributed by atoms with E-state index in [9.17, 15) is 13.2 Å². The van der Waals surface area contributed by atoms with Gasteiger partial charge in [-0.1, -0.05) is 18.2 Å². The van der Waals surface area contributed by atoms with Crippen molar-refractivity contribution in [2.45, 2.75) is 5.75 Å². The Hall–Kier alpha value is -2.24. The zero-order chi connectivity index (χ0) is 15.5. The van der Waals surface area contributed by atoms with Gasteiger partial charge >= 0.3 is 5.97 Å². The highest BCUT2D eigenvalue weighted by Gasteiger charge is 2.14. The van der Waals surface area contributed by atoms with Gasteiger partial charge in [-0.15, -0.1) is 11.3 Å². The number of hydrogen-bond acceptors (Lipinski definition) is 6. The smallest absolute Gasteiger partial charge is 0.355 e. The summed E-state index contributed by atoms with van der Waals surface area (Å²) < 4.78 is 23.3. The monoisotopic (exact) mass is 322 g/mol. The zero-order valence-electron chi connectivity index (χ0n) is 10.7. The van der Waals surface area contributed by atoms with E-state index < -0.39 is 21.6 Å². The number of aromatic nitrogens is 1. The molecule has 2 aromatic rings. The van der Waals surface area contributed by atoms with Gasteiger partial charge in [0.15, 0.2) is 15.5 Å². The molecule has 0 aliphatic carbocycles. The molecule has 0 aliphatic rings. The van der Waals surface area contributed by atoms with E-state index in [0.29, 0.717) is 16.1 Å². The molecule has 108 valence electrons. The molecule has 1 N–H and O–H groups in total. The van der Waals surface area contributed by atoms with E-state index in [0.717, 1.165) is 0 Å². The van der Waals surface area contributed by atoms with E-state index in [4.69, 9.17) is 10.4 Å². The third kappa shape index (κ3) is 3.87. The summed E-state index contributed by atoms with van der Waals surface area (Å²) in [5.74, 6) is -1.87. The topological polar surface area (TPSA) is 108 Å². The maximum Gasteiger partial charge on any atom is 0.355 e. The summed E-state index contributed by atoms with van der Waals surface area (Å²) in [4.78, 5) is 14.8. The van der Waals surface area contributed by atoms with Crippen LogP contribution in [0.3, 0.4) is 0 Å². The SMILES string of the molecule is N#CCS(=O)(=O)Cc1cccc(-c2nc(C(=O)O)cs2)c1. The standard InChI is InChI=1S/C13H10N2O4S2/c14-4-5-21(18,19)8-9-2-1-3-10(6-9)12-15-11(7-20-12)13(16)17/h1-3,6-7H,5,8H2,(H,16,17). The average Bonchev–Trinajstić information content (AvgIpc) is 2.88. The van der Waals surface area contributed by atoms with Crippen molar-refractivity contribution in [2.24, 2.45) is 0 Å². The molecule has 0 spiro atoms. The second-order valence-electron chi connectivity index (χ2n) is 4.23. The van der Waals surface area contributed by atoms with Gasteiger partial charge in [0.2, 0.25) is 0 Å². The van der Waals surface area contributed by atoms with Gasteiger partial charge in [-0.3, -0.25) is 0 Å². The Morgan fingerprint density at radius 2 is 2.19 bits per heavy atom. The van der Waals surface area contributed by atoms with Crippen LogP contribution in [0.25, 0.3) is 10.6 Å². The second kappa shape index (κ2) is 6.03. The van der Waals surface area contributed by atoms with E-state index in [-0.39, 0.29) is 11.4 Å². The summed E-state index contributed by atoms with van der Waals surface area (Å²) in [6, 6.07) is 8.31. The molecule has 1 aromatic carbocycles. The van der Waals surface area contributed by atoms with E-state index in [2.05, 4.69) is 4.98 Å². The first-order valence-corrected chi connectivity index (χ1v) is 8.47. The highest BCUT2D eigenvalue weighted by Crippen LogP contribution is 2.25. The Morgan fingerprint density at radius 1 is 1.43 bits per heavy atom. The number of nitrogens with zero attached hydrogens (tertiary/aromatic N) is 2. The third-order valence-electron chi connectivity index (χ3n) is 2.57. The Morgan fingerprint density at radius 3 is 2.81 bits per heavy atom. The molecule has 0 amide bonds. The van der Waals surface area contributed by atoms with Crippen LogP contribution in [0.2, 0.25) is 0 Å². The van der Waals surface area contributed by atoms with Crippen molar-refractivity contribution < 1.29 is 18.3 Å². The number of sulfone groups is 1. The van der Waals surface area contributed by atoms with Crippen LogP contribution in [0.4, 0.5) is 0 Å². The van der Waals surface area contributed by atoms with Gasteiger partial charge in [0.25, 0.3) is 0 Å². The molecule has 0 saturated heterocycles. The van der Waals surface area contributed by atoms with Gasteiger partial charge in [0.1, 0.15) is 10.8 Å². The number of benzene rings is 1. The van der Waals surface area contributed by atoms with Gasteiger partial charge in [-0.05, 0) is 11.6 Å². The predicted molar refractivity (Wildman–Crippen MR) is 77.6 cm³/mol. The summed E-state index contributed by atoms with van der Waals surface area (Å²) in [5.41, 5.74) is 1.14. The lowest BCUT2D eigenvalue weighted by Crippen LogP contribution is -2.07. The number of carboxylic acids is 1. The van der Waals surface area contributed by atoms with Crippen molar-refractivity contribution in [2.75, 3.05) is 5.75 Å². The molecule has 0 radical (unpaired) electrons. The van der Waals surface area contributed by atoms with E-state index in [1.165, 1.54) is 16.7 Å². The number of hydrogen-bond donors (Lipinski definition) is 1. The van der Waals surface area contributed by atoms with E-state index in [1.807, 2.05) is 0 Å².